The number of benzene rings is 1. The third-order valence-corrected chi connectivity index (χ3v) is 4.64. The maximum atomic E-state index is 14.3. The van der Waals surface area contributed by atoms with Crippen LogP contribution >= 0.6 is 43.5 Å². The summed E-state index contributed by atoms with van der Waals surface area (Å²) < 4.78 is 20.7. The summed E-state index contributed by atoms with van der Waals surface area (Å²) in [5.74, 6) is -0.435. The molecule has 1 aromatic carbocycles. The molecule has 0 bridgehead atoms. The number of rotatable bonds is 4. The highest BCUT2D eigenvalue weighted by atomic mass is 79.9. The van der Waals surface area contributed by atoms with E-state index in [1.165, 1.54) is 0 Å². The van der Waals surface area contributed by atoms with E-state index in [1.807, 2.05) is 6.92 Å². The number of hydrogen-bond acceptors (Lipinski definition) is 2. The fourth-order valence-electron chi connectivity index (χ4n) is 1.87. The summed E-state index contributed by atoms with van der Waals surface area (Å²) in [6, 6.07) is 4.92. The zero-order chi connectivity index (χ0) is 14.0. The molecule has 19 heavy (non-hydrogen) atoms. The normalized spacial score (nSPS) is 12.7. The second kappa shape index (κ2) is 6.39. The van der Waals surface area contributed by atoms with Crippen molar-refractivity contribution in [3.8, 4) is 0 Å². The summed E-state index contributed by atoms with van der Waals surface area (Å²) in [6.45, 7) is 2.65. The highest BCUT2D eigenvalue weighted by Crippen LogP contribution is 2.35. The summed E-state index contributed by atoms with van der Waals surface area (Å²) in [5.41, 5.74) is 1.32. The zero-order valence-electron chi connectivity index (χ0n) is 10.0. The number of furan rings is 1. The fourth-order valence-corrected chi connectivity index (χ4v) is 2.81. The van der Waals surface area contributed by atoms with E-state index < -0.39 is 5.82 Å². The summed E-state index contributed by atoms with van der Waals surface area (Å²) in [7, 11) is 0. The van der Waals surface area contributed by atoms with Crippen LogP contribution in [0.15, 0.2) is 38.0 Å². The van der Waals surface area contributed by atoms with Gasteiger partial charge >= 0.3 is 0 Å². The predicted molar refractivity (Wildman–Crippen MR) is 81.0 cm³/mol. The van der Waals surface area contributed by atoms with E-state index in [0.29, 0.717) is 21.3 Å². The van der Waals surface area contributed by atoms with E-state index >= 15 is 0 Å². The van der Waals surface area contributed by atoms with Gasteiger partial charge in [0.15, 0.2) is 4.67 Å². The van der Waals surface area contributed by atoms with E-state index in [2.05, 4.69) is 37.2 Å². The molecule has 0 aliphatic heterocycles. The van der Waals surface area contributed by atoms with E-state index in [1.54, 1.807) is 24.5 Å². The lowest BCUT2D eigenvalue weighted by atomic mass is 10.0. The second-order valence-electron chi connectivity index (χ2n) is 3.90. The molecule has 2 aromatic rings. The number of nitrogens with one attached hydrogen (secondary N) is 1. The Bertz CT molecular complexity index is 588. The fraction of sp³-hybridized carbons (Fsp3) is 0.231. The molecular weight excluding hydrogens is 400 g/mol. The number of halogens is 4. The highest BCUT2D eigenvalue weighted by molar-refractivity contribution is 9.10. The molecule has 0 aliphatic carbocycles. The topological polar surface area (TPSA) is 25.2 Å². The predicted octanol–water partition coefficient (Wildman–Crippen LogP) is 5.30. The maximum Gasteiger partial charge on any atom is 0.174 e. The van der Waals surface area contributed by atoms with Gasteiger partial charge in [0.05, 0.1) is 17.3 Å². The van der Waals surface area contributed by atoms with Crippen molar-refractivity contribution in [1.82, 2.24) is 5.32 Å². The van der Waals surface area contributed by atoms with Crippen molar-refractivity contribution in [3.63, 3.8) is 0 Å². The van der Waals surface area contributed by atoms with E-state index in [9.17, 15) is 4.39 Å². The molecule has 102 valence electrons. The molecule has 1 atom stereocenters. The van der Waals surface area contributed by atoms with Crippen molar-refractivity contribution in [2.45, 2.75) is 13.0 Å². The van der Waals surface area contributed by atoms with Crippen molar-refractivity contribution in [3.05, 3.63) is 55.6 Å². The molecule has 6 heteroatoms. The molecular formula is C13H11Br2ClFNO. The smallest absolute Gasteiger partial charge is 0.174 e. The molecule has 1 aromatic heterocycles. The van der Waals surface area contributed by atoms with Crippen LogP contribution in [0.1, 0.15) is 24.1 Å². The van der Waals surface area contributed by atoms with Gasteiger partial charge in [-0.3, -0.25) is 0 Å². The van der Waals surface area contributed by atoms with Crippen molar-refractivity contribution in [1.29, 1.82) is 0 Å². The van der Waals surface area contributed by atoms with Gasteiger partial charge in [-0.05, 0) is 50.5 Å². The average molecular weight is 411 g/mol. The largest absolute Gasteiger partial charge is 0.457 e. The van der Waals surface area contributed by atoms with Crippen LogP contribution in [0.4, 0.5) is 4.39 Å². The van der Waals surface area contributed by atoms with Gasteiger partial charge in [0, 0.05) is 15.6 Å². The van der Waals surface area contributed by atoms with Gasteiger partial charge in [-0.1, -0.05) is 24.6 Å². The Morgan fingerprint density at radius 2 is 2.05 bits per heavy atom. The Morgan fingerprint density at radius 3 is 2.63 bits per heavy atom. The van der Waals surface area contributed by atoms with Crippen molar-refractivity contribution in [2.24, 2.45) is 0 Å². The highest BCUT2D eigenvalue weighted by Gasteiger charge is 2.23. The van der Waals surface area contributed by atoms with Crippen molar-refractivity contribution < 1.29 is 8.81 Å². The SMILES string of the molecule is CCNC(c1ccoc1Br)c1ccc(Br)c(Cl)c1F. The molecule has 2 nitrogen and oxygen atoms in total. The molecule has 0 fully saturated rings. The Morgan fingerprint density at radius 1 is 1.32 bits per heavy atom. The van der Waals surface area contributed by atoms with Crippen molar-refractivity contribution >= 4 is 43.5 Å². The first kappa shape index (κ1) is 15.0. The van der Waals surface area contributed by atoms with Crippen LogP contribution in [-0.4, -0.2) is 6.54 Å². The lowest BCUT2D eigenvalue weighted by Gasteiger charge is -2.19. The molecule has 0 saturated heterocycles. The minimum atomic E-state index is -0.435. The van der Waals surface area contributed by atoms with E-state index in [4.69, 9.17) is 16.0 Å². The third-order valence-electron chi connectivity index (χ3n) is 2.74. The molecule has 1 unspecified atom stereocenters. The van der Waals surface area contributed by atoms with Gasteiger partial charge in [0.25, 0.3) is 0 Å². The lowest BCUT2D eigenvalue weighted by molar-refractivity contribution is 0.518. The van der Waals surface area contributed by atoms with Gasteiger partial charge in [0.2, 0.25) is 0 Å². The standard InChI is InChI=1S/C13H11Br2ClFNO/c1-2-18-12(8-5-6-19-13(8)15)7-3-4-9(14)10(16)11(7)17/h3-6,12,18H,2H2,1H3. The van der Waals surface area contributed by atoms with Crippen LogP contribution in [0.25, 0.3) is 0 Å². The zero-order valence-corrected chi connectivity index (χ0v) is 13.9. The van der Waals surface area contributed by atoms with Gasteiger partial charge < -0.3 is 9.73 Å². The van der Waals surface area contributed by atoms with E-state index in [0.717, 1.165) is 5.56 Å². The molecule has 0 aliphatic rings. The van der Waals surface area contributed by atoms with Gasteiger partial charge in [0.1, 0.15) is 5.82 Å². The Kier molecular flexibility index (Phi) is 5.06. The van der Waals surface area contributed by atoms with Crippen LogP contribution in [-0.2, 0) is 0 Å². The molecule has 1 N–H and O–H groups in total. The first-order valence-corrected chi connectivity index (χ1v) is 7.62. The Hall–Kier alpha value is -0.360. The summed E-state index contributed by atoms with van der Waals surface area (Å²) in [5, 5.41) is 3.31. The summed E-state index contributed by atoms with van der Waals surface area (Å²) in [4.78, 5) is 0. The monoisotopic (exact) mass is 409 g/mol. The quantitative estimate of drug-likeness (QED) is 0.691. The van der Waals surface area contributed by atoms with Gasteiger partial charge in [-0.2, -0.15) is 0 Å². The molecule has 0 spiro atoms. The molecule has 2 rings (SSSR count). The van der Waals surface area contributed by atoms with Crippen molar-refractivity contribution in [2.75, 3.05) is 6.54 Å². The first-order chi connectivity index (χ1) is 9.06. The summed E-state index contributed by atoms with van der Waals surface area (Å²) >= 11 is 12.5. The van der Waals surface area contributed by atoms with Crippen LogP contribution in [0.2, 0.25) is 5.02 Å². The molecule has 1 heterocycles. The van der Waals surface area contributed by atoms with E-state index in [-0.39, 0.29) is 11.1 Å². The Balaban J connectivity index is 2.52. The number of hydrogen-bond donors (Lipinski definition) is 1. The molecule has 0 amide bonds. The average Bonchev–Trinajstić information content (AvgIpc) is 2.80. The van der Waals surface area contributed by atoms with Gasteiger partial charge in [-0.15, -0.1) is 0 Å². The first-order valence-electron chi connectivity index (χ1n) is 5.66. The third kappa shape index (κ3) is 3.05. The molecule has 0 saturated carbocycles. The maximum absolute atomic E-state index is 14.3. The van der Waals surface area contributed by atoms with Crippen LogP contribution in [0, 0.1) is 5.82 Å². The molecule has 0 radical (unpaired) electrons. The summed E-state index contributed by atoms with van der Waals surface area (Å²) in [6.07, 6.45) is 1.56. The Labute approximate surface area is 132 Å². The minimum Gasteiger partial charge on any atom is -0.457 e. The second-order valence-corrected chi connectivity index (χ2v) is 5.86. The van der Waals surface area contributed by atoms with Crippen LogP contribution in [0.5, 0.6) is 0 Å². The lowest BCUT2D eigenvalue weighted by Crippen LogP contribution is -2.23. The van der Waals surface area contributed by atoms with Gasteiger partial charge in [-0.25, -0.2) is 4.39 Å². The van der Waals surface area contributed by atoms with Crippen LogP contribution in [0.3, 0.4) is 0 Å². The minimum absolute atomic E-state index is 0.0834. The van der Waals surface area contributed by atoms with Crippen LogP contribution < -0.4 is 5.32 Å².